The maximum Gasteiger partial charge on any atom is 0.251 e. The van der Waals surface area contributed by atoms with Crippen molar-refractivity contribution >= 4 is 41.8 Å². The van der Waals surface area contributed by atoms with Gasteiger partial charge in [-0.2, -0.15) is 0 Å². The number of rotatable bonds is 6. The van der Waals surface area contributed by atoms with Gasteiger partial charge >= 0.3 is 0 Å². The fourth-order valence-corrected chi connectivity index (χ4v) is 2.97. The third-order valence-corrected chi connectivity index (χ3v) is 4.46. The van der Waals surface area contributed by atoms with Gasteiger partial charge in [0.1, 0.15) is 0 Å². The number of amides is 2. The van der Waals surface area contributed by atoms with Crippen LogP contribution in [0.5, 0.6) is 0 Å². The van der Waals surface area contributed by atoms with E-state index < -0.39 is 0 Å². The molecular weight excluding hydrogens is 457 g/mol. The molecule has 1 aromatic carbocycles. The number of piperidine rings is 1. The average Bonchev–Trinajstić information content (AvgIpc) is 2.70. The van der Waals surface area contributed by atoms with E-state index in [2.05, 4.69) is 20.9 Å². The van der Waals surface area contributed by atoms with Crippen LogP contribution >= 0.6 is 24.0 Å². The first-order valence-electron chi connectivity index (χ1n) is 9.17. The van der Waals surface area contributed by atoms with E-state index in [0.29, 0.717) is 18.1 Å². The zero-order valence-corrected chi connectivity index (χ0v) is 18.4. The second-order valence-corrected chi connectivity index (χ2v) is 6.32. The van der Waals surface area contributed by atoms with Crippen molar-refractivity contribution < 1.29 is 9.59 Å². The van der Waals surface area contributed by atoms with Gasteiger partial charge in [-0.25, -0.2) is 0 Å². The van der Waals surface area contributed by atoms with E-state index in [9.17, 15) is 9.59 Å². The summed E-state index contributed by atoms with van der Waals surface area (Å²) in [4.78, 5) is 29.9. The number of aliphatic imine (C=N–C) groups is 1. The maximum absolute atomic E-state index is 12.2. The highest BCUT2D eigenvalue weighted by atomic mass is 127. The molecule has 0 bridgehead atoms. The fraction of sp³-hybridized carbons (Fsp3) is 0.526. The summed E-state index contributed by atoms with van der Waals surface area (Å²) in [6.07, 6.45) is 4.15. The molecule has 1 aromatic rings. The fourth-order valence-electron chi connectivity index (χ4n) is 2.97. The molecule has 1 aliphatic heterocycles. The molecule has 0 unspecified atom stereocenters. The molecule has 3 N–H and O–H groups in total. The second-order valence-electron chi connectivity index (χ2n) is 6.32. The van der Waals surface area contributed by atoms with Gasteiger partial charge in [0, 0.05) is 39.3 Å². The van der Waals surface area contributed by atoms with Gasteiger partial charge in [-0.3, -0.25) is 14.6 Å². The normalized spacial score (nSPS) is 14.1. The monoisotopic (exact) mass is 487 g/mol. The minimum absolute atomic E-state index is 0. The number of benzene rings is 1. The van der Waals surface area contributed by atoms with Crippen LogP contribution in [-0.4, -0.2) is 62.9 Å². The van der Waals surface area contributed by atoms with E-state index in [1.807, 2.05) is 23.1 Å². The Morgan fingerprint density at radius 2 is 1.89 bits per heavy atom. The standard InChI is InChI=1S/C19H29N5O2.HI/c1-20-18(26)16-8-6-7-15(13-16)9-10-22-19(21-2)23-14-17(25)24-11-4-3-5-12-24;/h6-8,13H,3-5,9-12,14H2,1-2H3,(H,20,26)(H2,21,22,23);1H. The number of nitrogens with one attached hydrogen (secondary N) is 3. The third kappa shape index (κ3) is 7.74. The molecule has 0 aromatic heterocycles. The number of nitrogens with zero attached hydrogens (tertiary/aromatic N) is 2. The van der Waals surface area contributed by atoms with Gasteiger partial charge in [0.15, 0.2) is 5.96 Å². The van der Waals surface area contributed by atoms with E-state index in [0.717, 1.165) is 37.9 Å². The van der Waals surface area contributed by atoms with Crippen LogP contribution in [-0.2, 0) is 11.2 Å². The SMILES string of the molecule is CN=C(NCCc1cccc(C(=O)NC)c1)NCC(=O)N1CCCCC1.I. The first kappa shape index (κ1) is 23.2. The van der Waals surface area contributed by atoms with Gasteiger partial charge in [-0.1, -0.05) is 12.1 Å². The number of carbonyl (C=O) groups excluding carboxylic acids is 2. The topological polar surface area (TPSA) is 85.8 Å². The minimum atomic E-state index is -0.0893. The number of likely N-dealkylation sites (tertiary alicyclic amines) is 1. The summed E-state index contributed by atoms with van der Waals surface area (Å²) < 4.78 is 0. The summed E-state index contributed by atoms with van der Waals surface area (Å²) in [5.74, 6) is 0.636. The molecule has 0 aliphatic carbocycles. The van der Waals surface area contributed by atoms with Crippen LogP contribution in [0.25, 0.3) is 0 Å². The molecule has 0 saturated carbocycles. The molecule has 0 radical (unpaired) electrons. The summed E-state index contributed by atoms with van der Waals surface area (Å²) in [5.41, 5.74) is 1.72. The second kappa shape index (κ2) is 12.5. The maximum atomic E-state index is 12.2. The van der Waals surface area contributed by atoms with Gasteiger partial charge in [-0.05, 0) is 43.4 Å². The lowest BCUT2D eigenvalue weighted by molar-refractivity contribution is -0.130. The molecule has 1 fully saturated rings. The van der Waals surface area contributed by atoms with Crippen molar-refractivity contribution in [2.75, 3.05) is 40.3 Å². The van der Waals surface area contributed by atoms with Crippen molar-refractivity contribution in [3.63, 3.8) is 0 Å². The Kier molecular flexibility index (Phi) is 10.8. The van der Waals surface area contributed by atoms with E-state index >= 15 is 0 Å². The predicted molar refractivity (Wildman–Crippen MR) is 119 cm³/mol. The van der Waals surface area contributed by atoms with E-state index in [4.69, 9.17) is 0 Å². The Hall–Kier alpha value is -1.84. The summed E-state index contributed by atoms with van der Waals surface area (Å²) in [6.45, 7) is 2.63. The van der Waals surface area contributed by atoms with Crippen LogP contribution in [0.2, 0.25) is 0 Å². The zero-order chi connectivity index (χ0) is 18.8. The Balaban J connectivity index is 0.00000364. The molecule has 7 nitrogen and oxygen atoms in total. The zero-order valence-electron chi connectivity index (χ0n) is 16.1. The average molecular weight is 487 g/mol. The lowest BCUT2D eigenvalue weighted by Crippen LogP contribution is -2.46. The minimum Gasteiger partial charge on any atom is -0.356 e. The lowest BCUT2D eigenvalue weighted by atomic mass is 10.1. The van der Waals surface area contributed by atoms with Gasteiger partial charge in [-0.15, -0.1) is 24.0 Å². The highest BCUT2D eigenvalue weighted by Crippen LogP contribution is 2.08. The van der Waals surface area contributed by atoms with Crippen LogP contribution < -0.4 is 16.0 Å². The van der Waals surface area contributed by atoms with Crippen molar-refractivity contribution in [2.45, 2.75) is 25.7 Å². The van der Waals surface area contributed by atoms with Crippen molar-refractivity contribution in [1.29, 1.82) is 0 Å². The lowest BCUT2D eigenvalue weighted by Gasteiger charge is -2.27. The van der Waals surface area contributed by atoms with Crippen molar-refractivity contribution in [1.82, 2.24) is 20.9 Å². The van der Waals surface area contributed by atoms with E-state index in [-0.39, 0.29) is 42.3 Å². The molecule has 8 heteroatoms. The smallest absolute Gasteiger partial charge is 0.251 e. The number of hydrogen-bond donors (Lipinski definition) is 3. The molecule has 150 valence electrons. The van der Waals surface area contributed by atoms with Crippen LogP contribution in [0.4, 0.5) is 0 Å². The molecule has 2 rings (SSSR count). The molecule has 1 saturated heterocycles. The predicted octanol–water partition coefficient (Wildman–Crippen LogP) is 1.38. The molecule has 1 heterocycles. The number of hydrogen-bond acceptors (Lipinski definition) is 3. The summed E-state index contributed by atoms with van der Waals surface area (Å²) in [7, 11) is 3.31. The summed E-state index contributed by atoms with van der Waals surface area (Å²) in [6, 6.07) is 7.55. The van der Waals surface area contributed by atoms with Gasteiger partial charge in [0.25, 0.3) is 5.91 Å². The number of halogens is 1. The van der Waals surface area contributed by atoms with Crippen LogP contribution in [0.3, 0.4) is 0 Å². The summed E-state index contributed by atoms with van der Waals surface area (Å²) in [5, 5.41) is 8.91. The van der Waals surface area contributed by atoms with Crippen molar-refractivity contribution in [3.8, 4) is 0 Å². The highest BCUT2D eigenvalue weighted by molar-refractivity contribution is 14.0. The summed E-state index contributed by atoms with van der Waals surface area (Å²) >= 11 is 0. The van der Waals surface area contributed by atoms with E-state index in [1.165, 1.54) is 6.42 Å². The quantitative estimate of drug-likeness (QED) is 0.322. The van der Waals surface area contributed by atoms with Crippen molar-refractivity contribution in [2.24, 2.45) is 4.99 Å². The Morgan fingerprint density at radius 1 is 1.15 bits per heavy atom. The first-order valence-corrected chi connectivity index (χ1v) is 9.17. The largest absolute Gasteiger partial charge is 0.356 e. The Bertz CT molecular complexity index is 645. The van der Waals surface area contributed by atoms with E-state index in [1.54, 1.807) is 20.2 Å². The van der Waals surface area contributed by atoms with Gasteiger partial charge < -0.3 is 20.9 Å². The van der Waals surface area contributed by atoms with Crippen LogP contribution in [0.1, 0.15) is 35.2 Å². The molecule has 0 spiro atoms. The molecular formula is C19H30IN5O2. The molecule has 2 amide bonds. The van der Waals surface area contributed by atoms with Crippen molar-refractivity contribution in [3.05, 3.63) is 35.4 Å². The molecule has 27 heavy (non-hydrogen) atoms. The Labute approximate surface area is 178 Å². The Morgan fingerprint density at radius 3 is 2.56 bits per heavy atom. The van der Waals surface area contributed by atoms with Gasteiger partial charge in [0.05, 0.1) is 6.54 Å². The number of carbonyl (C=O) groups is 2. The van der Waals surface area contributed by atoms with Crippen LogP contribution in [0.15, 0.2) is 29.3 Å². The van der Waals surface area contributed by atoms with Gasteiger partial charge in [0.2, 0.25) is 5.91 Å². The highest BCUT2D eigenvalue weighted by Gasteiger charge is 2.16. The molecule has 0 atom stereocenters. The number of guanidine groups is 1. The molecule has 1 aliphatic rings. The third-order valence-electron chi connectivity index (χ3n) is 4.46. The van der Waals surface area contributed by atoms with Crippen LogP contribution in [0, 0.1) is 0 Å². The first-order chi connectivity index (χ1) is 12.6.